The average Bonchev–Trinajstić information content (AvgIpc) is 2.39. The van der Waals surface area contributed by atoms with E-state index in [1.165, 1.54) is 13.8 Å². The van der Waals surface area contributed by atoms with Crippen LogP contribution in [-0.4, -0.2) is 60.2 Å². The number of hydrogen-bond acceptors (Lipinski definition) is 4. The molecule has 0 aromatic carbocycles. The third-order valence-corrected chi connectivity index (χ3v) is 3.16. The number of carbonyl (C=O) groups excluding carboxylic acids is 2. The third-order valence-electron chi connectivity index (χ3n) is 2.34. The van der Waals surface area contributed by atoms with Crippen LogP contribution in [0, 0.1) is 0 Å². The lowest BCUT2D eigenvalue weighted by Gasteiger charge is -2.12. The van der Waals surface area contributed by atoms with E-state index in [9.17, 15) is 9.59 Å². The molecule has 0 bridgehead atoms. The van der Waals surface area contributed by atoms with Crippen molar-refractivity contribution in [2.45, 2.75) is 26.7 Å². The Kier molecular flexibility index (Phi) is 11.9. The highest BCUT2D eigenvalue weighted by Gasteiger charge is 2.04. The number of rotatable bonds is 11. The molecule has 0 aliphatic rings. The molecular formula is C12H22Cl2N2O4. The summed E-state index contributed by atoms with van der Waals surface area (Å²) in [4.78, 5) is 21.6. The summed E-state index contributed by atoms with van der Waals surface area (Å²) >= 11 is 11.3. The Labute approximate surface area is 130 Å². The van der Waals surface area contributed by atoms with Crippen molar-refractivity contribution < 1.29 is 19.1 Å². The standard InChI is InChI=1S/C12H22Cl2N2O4/c1-11(17)15(13)5-3-7-19-9-10-20-8-4-6-16(14)12(2)18/h3-10H2,1-2H3. The van der Waals surface area contributed by atoms with Crippen LogP contribution in [0.2, 0.25) is 0 Å². The van der Waals surface area contributed by atoms with Gasteiger partial charge in [-0.15, -0.1) is 0 Å². The second kappa shape index (κ2) is 12.2. The van der Waals surface area contributed by atoms with Gasteiger partial charge in [0.05, 0.1) is 13.2 Å². The minimum atomic E-state index is -0.172. The molecule has 0 aromatic rings. The van der Waals surface area contributed by atoms with Crippen LogP contribution in [0.3, 0.4) is 0 Å². The van der Waals surface area contributed by atoms with Crippen molar-refractivity contribution in [2.24, 2.45) is 0 Å². The predicted octanol–water partition coefficient (Wildman–Crippen LogP) is 1.80. The van der Waals surface area contributed by atoms with Gasteiger partial charge < -0.3 is 9.47 Å². The molecule has 0 heterocycles. The van der Waals surface area contributed by atoms with Crippen LogP contribution in [0.4, 0.5) is 0 Å². The van der Waals surface area contributed by atoms with E-state index in [1.807, 2.05) is 0 Å². The summed E-state index contributed by atoms with van der Waals surface area (Å²) in [7, 11) is 0. The second-order valence-electron chi connectivity index (χ2n) is 4.14. The van der Waals surface area contributed by atoms with Crippen molar-refractivity contribution in [3.8, 4) is 0 Å². The third kappa shape index (κ3) is 11.3. The molecule has 118 valence electrons. The van der Waals surface area contributed by atoms with E-state index in [2.05, 4.69) is 0 Å². The van der Waals surface area contributed by atoms with Crippen molar-refractivity contribution in [3.63, 3.8) is 0 Å². The van der Waals surface area contributed by atoms with E-state index in [1.54, 1.807) is 0 Å². The van der Waals surface area contributed by atoms with Crippen molar-refractivity contribution >= 4 is 35.4 Å². The summed E-state index contributed by atoms with van der Waals surface area (Å²) < 4.78 is 12.9. The highest BCUT2D eigenvalue weighted by molar-refractivity contribution is 6.21. The van der Waals surface area contributed by atoms with Crippen LogP contribution >= 0.6 is 23.6 Å². The lowest BCUT2D eigenvalue weighted by atomic mass is 10.4. The summed E-state index contributed by atoms with van der Waals surface area (Å²) in [5.41, 5.74) is 0. The minimum Gasteiger partial charge on any atom is -0.379 e. The molecule has 0 rings (SSSR count). The molecule has 8 heteroatoms. The Morgan fingerprint density at radius 2 is 1.15 bits per heavy atom. The Bertz CT molecular complexity index is 265. The monoisotopic (exact) mass is 328 g/mol. The van der Waals surface area contributed by atoms with Crippen molar-refractivity contribution in [2.75, 3.05) is 39.5 Å². The fourth-order valence-corrected chi connectivity index (χ4v) is 1.49. The summed E-state index contributed by atoms with van der Waals surface area (Å²) in [5.74, 6) is -0.345. The molecule has 0 saturated heterocycles. The lowest BCUT2D eigenvalue weighted by molar-refractivity contribution is -0.125. The number of carbonyl (C=O) groups is 2. The zero-order valence-electron chi connectivity index (χ0n) is 11.9. The van der Waals surface area contributed by atoms with E-state index in [0.29, 0.717) is 52.4 Å². The molecule has 0 aromatic heterocycles. The van der Waals surface area contributed by atoms with Crippen LogP contribution < -0.4 is 0 Å². The quantitative estimate of drug-likeness (QED) is 0.428. The normalized spacial score (nSPS) is 10.4. The van der Waals surface area contributed by atoms with Gasteiger partial charge in [-0.05, 0) is 12.8 Å². The van der Waals surface area contributed by atoms with Gasteiger partial charge >= 0.3 is 0 Å². The first kappa shape index (κ1) is 19.4. The van der Waals surface area contributed by atoms with Gasteiger partial charge in [0.15, 0.2) is 0 Å². The first-order valence-electron chi connectivity index (χ1n) is 6.48. The maximum atomic E-state index is 10.8. The largest absolute Gasteiger partial charge is 0.379 e. The zero-order chi connectivity index (χ0) is 15.4. The summed E-state index contributed by atoms with van der Waals surface area (Å²) in [6.07, 6.45) is 1.37. The molecule has 0 radical (unpaired) electrons. The smallest absolute Gasteiger partial charge is 0.233 e. The predicted molar refractivity (Wildman–Crippen MR) is 77.4 cm³/mol. The molecule has 0 atom stereocenters. The van der Waals surface area contributed by atoms with Gasteiger partial charge in [-0.1, -0.05) is 0 Å². The van der Waals surface area contributed by atoms with Crippen LogP contribution in [0.5, 0.6) is 0 Å². The fraction of sp³-hybridized carbons (Fsp3) is 0.833. The van der Waals surface area contributed by atoms with Crippen molar-refractivity contribution in [1.29, 1.82) is 0 Å². The molecule has 6 nitrogen and oxygen atoms in total. The second-order valence-corrected chi connectivity index (χ2v) is 4.96. The molecule has 2 amide bonds. The first-order valence-corrected chi connectivity index (χ1v) is 7.16. The molecule has 0 fully saturated rings. The summed E-state index contributed by atoms with van der Waals surface area (Å²) in [6, 6.07) is 0. The number of ether oxygens (including phenoxy) is 2. The molecule has 20 heavy (non-hydrogen) atoms. The van der Waals surface area contributed by atoms with E-state index < -0.39 is 0 Å². The minimum absolute atomic E-state index is 0.172. The topological polar surface area (TPSA) is 59.1 Å². The zero-order valence-corrected chi connectivity index (χ0v) is 13.5. The summed E-state index contributed by atoms with van der Waals surface area (Å²) in [6.45, 7) is 5.78. The van der Waals surface area contributed by atoms with Crippen LogP contribution in [0.1, 0.15) is 26.7 Å². The number of nitrogens with zero attached hydrogens (tertiary/aromatic N) is 2. The van der Waals surface area contributed by atoms with E-state index >= 15 is 0 Å². The van der Waals surface area contributed by atoms with Crippen LogP contribution in [-0.2, 0) is 19.1 Å². The molecular weight excluding hydrogens is 307 g/mol. The highest BCUT2D eigenvalue weighted by Crippen LogP contribution is 1.98. The Morgan fingerprint density at radius 1 is 0.800 bits per heavy atom. The van der Waals surface area contributed by atoms with Gasteiger partial charge in [-0.25, -0.2) is 0 Å². The summed E-state index contributed by atoms with van der Waals surface area (Å²) in [5, 5.41) is 0. The molecule has 0 unspecified atom stereocenters. The maximum absolute atomic E-state index is 10.8. The van der Waals surface area contributed by atoms with Gasteiger partial charge in [0.1, 0.15) is 0 Å². The highest BCUT2D eigenvalue weighted by atomic mass is 35.5. The van der Waals surface area contributed by atoms with Gasteiger partial charge in [0.2, 0.25) is 11.8 Å². The number of amides is 2. The van der Waals surface area contributed by atoms with Crippen LogP contribution in [0.25, 0.3) is 0 Å². The molecule has 0 aliphatic heterocycles. The Morgan fingerprint density at radius 3 is 1.45 bits per heavy atom. The van der Waals surface area contributed by atoms with Crippen molar-refractivity contribution in [3.05, 3.63) is 0 Å². The number of hydrogen-bond donors (Lipinski definition) is 0. The van der Waals surface area contributed by atoms with E-state index in [4.69, 9.17) is 33.0 Å². The Balaban J connectivity index is 3.21. The van der Waals surface area contributed by atoms with Crippen LogP contribution in [0.15, 0.2) is 0 Å². The number of halogens is 2. The maximum Gasteiger partial charge on any atom is 0.233 e. The Hall–Kier alpha value is -0.560. The van der Waals surface area contributed by atoms with Gasteiger partial charge in [0, 0.05) is 63.7 Å². The van der Waals surface area contributed by atoms with E-state index in [-0.39, 0.29) is 11.8 Å². The molecule has 0 saturated carbocycles. The van der Waals surface area contributed by atoms with Crippen molar-refractivity contribution in [1.82, 2.24) is 8.84 Å². The fourth-order valence-electron chi connectivity index (χ4n) is 1.25. The molecule has 0 spiro atoms. The molecule has 0 aliphatic carbocycles. The lowest BCUT2D eigenvalue weighted by Crippen LogP contribution is -2.21. The van der Waals surface area contributed by atoms with Gasteiger partial charge in [0.25, 0.3) is 0 Å². The van der Waals surface area contributed by atoms with Gasteiger partial charge in [-0.2, -0.15) is 0 Å². The first-order chi connectivity index (χ1) is 9.45. The molecule has 0 N–H and O–H groups in total. The van der Waals surface area contributed by atoms with E-state index in [0.717, 1.165) is 8.84 Å². The average molecular weight is 329 g/mol. The van der Waals surface area contributed by atoms with Gasteiger partial charge in [-0.3, -0.25) is 18.4 Å². The SMILES string of the molecule is CC(=O)N(Cl)CCCOCCOCCCN(Cl)C(C)=O.